The van der Waals surface area contributed by atoms with E-state index in [1.165, 1.54) is 11.6 Å². The number of carbonyl (C=O) groups is 1. The highest BCUT2D eigenvalue weighted by Crippen LogP contribution is 2.19. The average Bonchev–Trinajstić information content (AvgIpc) is 2.60. The van der Waals surface area contributed by atoms with Crippen molar-refractivity contribution in [2.24, 2.45) is 0 Å². The van der Waals surface area contributed by atoms with E-state index in [0.29, 0.717) is 18.2 Å². The predicted octanol–water partition coefficient (Wildman–Crippen LogP) is 4.50. The Hall–Kier alpha value is -2.26. The van der Waals surface area contributed by atoms with Gasteiger partial charge in [0.05, 0.1) is 6.61 Å². The summed E-state index contributed by atoms with van der Waals surface area (Å²) in [4.78, 5) is 11.8. The lowest BCUT2D eigenvalue weighted by atomic mass is 10.1. The molecular weight excluding hydrogens is 322 g/mol. The van der Waals surface area contributed by atoms with Crippen molar-refractivity contribution >= 4 is 23.6 Å². The SMILES string of the molecule is CCOc1ccccc1CCCNC(=O)/C=C/c1ccc(Cl)cc1. The Balaban J connectivity index is 1.74. The number of para-hydroxylation sites is 1. The molecular formula is C20H22ClNO2. The molecule has 0 bridgehead atoms. The van der Waals surface area contributed by atoms with Gasteiger partial charge in [0.1, 0.15) is 5.75 Å². The highest BCUT2D eigenvalue weighted by Gasteiger charge is 2.02. The number of ether oxygens (including phenoxy) is 1. The van der Waals surface area contributed by atoms with Gasteiger partial charge in [-0.3, -0.25) is 4.79 Å². The van der Waals surface area contributed by atoms with Crippen LogP contribution in [0.25, 0.3) is 6.08 Å². The van der Waals surface area contributed by atoms with Gasteiger partial charge in [-0.2, -0.15) is 0 Å². The molecule has 0 atom stereocenters. The Morgan fingerprint density at radius 1 is 1.17 bits per heavy atom. The Kier molecular flexibility index (Phi) is 7.37. The second-order valence-electron chi connectivity index (χ2n) is 5.32. The van der Waals surface area contributed by atoms with E-state index in [2.05, 4.69) is 11.4 Å². The second-order valence-corrected chi connectivity index (χ2v) is 5.76. The van der Waals surface area contributed by atoms with Gasteiger partial charge in [-0.1, -0.05) is 41.9 Å². The molecule has 0 radical (unpaired) electrons. The van der Waals surface area contributed by atoms with Gasteiger partial charge in [-0.05, 0) is 55.2 Å². The summed E-state index contributed by atoms with van der Waals surface area (Å²) in [5.41, 5.74) is 2.12. The third kappa shape index (κ3) is 6.09. The molecule has 4 heteroatoms. The van der Waals surface area contributed by atoms with Crippen LogP contribution in [0.15, 0.2) is 54.6 Å². The van der Waals surface area contributed by atoms with Gasteiger partial charge in [0.15, 0.2) is 0 Å². The van der Waals surface area contributed by atoms with E-state index in [-0.39, 0.29) is 5.91 Å². The van der Waals surface area contributed by atoms with Crippen molar-refractivity contribution < 1.29 is 9.53 Å². The molecule has 0 saturated heterocycles. The molecule has 0 heterocycles. The number of aryl methyl sites for hydroxylation is 1. The first kappa shape index (κ1) is 18.1. The fraction of sp³-hybridized carbons (Fsp3) is 0.250. The Bertz CT molecular complexity index is 680. The van der Waals surface area contributed by atoms with Crippen molar-refractivity contribution in [2.75, 3.05) is 13.2 Å². The molecule has 0 aliphatic carbocycles. The van der Waals surface area contributed by atoms with Crippen molar-refractivity contribution in [3.05, 3.63) is 70.8 Å². The van der Waals surface area contributed by atoms with Crippen molar-refractivity contribution in [1.82, 2.24) is 5.32 Å². The minimum atomic E-state index is -0.0944. The van der Waals surface area contributed by atoms with Crippen LogP contribution in [0.1, 0.15) is 24.5 Å². The zero-order chi connectivity index (χ0) is 17.2. The summed E-state index contributed by atoms with van der Waals surface area (Å²) in [6.45, 7) is 3.26. The molecule has 2 aromatic rings. The summed E-state index contributed by atoms with van der Waals surface area (Å²) in [6.07, 6.45) is 5.05. The molecule has 3 nitrogen and oxygen atoms in total. The van der Waals surface area contributed by atoms with Gasteiger partial charge in [-0.15, -0.1) is 0 Å². The summed E-state index contributed by atoms with van der Waals surface area (Å²) in [5, 5.41) is 3.58. The summed E-state index contributed by atoms with van der Waals surface area (Å²) < 4.78 is 5.60. The summed E-state index contributed by atoms with van der Waals surface area (Å²) >= 11 is 5.83. The van der Waals surface area contributed by atoms with Crippen LogP contribution >= 0.6 is 11.6 Å². The number of rotatable bonds is 8. The van der Waals surface area contributed by atoms with Crippen LogP contribution in [0.2, 0.25) is 5.02 Å². The third-order valence-corrected chi connectivity index (χ3v) is 3.74. The number of benzene rings is 2. The zero-order valence-corrected chi connectivity index (χ0v) is 14.6. The van der Waals surface area contributed by atoms with Gasteiger partial charge < -0.3 is 10.1 Å². The molecule has 0 fully saturated rings. The maximum absolute atomic E-state index is 11.8. The van der Waals surface area contributed by atoms with E-state index >= 15 is 0 Å². The van der Waals surface area contributed by atoms with Crippen molar-refractivity contribution in [3.8, 4) is 5.75 Å². The number of halogens is 1. The monoisotopic (exact) mass is 343 g/mol. The number of nitrogens with one attached hydrogen (secondary N) is 1. The molecule has 0 unspecified atom stereocenters. The van der Waals surface area contributed by atoms with E-state index in [1.807, 2.05) is 37.3 Å². The van der Waals surface area contributed by atoms with Crippen molar-refractivity contribution in [2.45, 2.75) is 19.8 Å². The standard InChI is InChI=1S/C20H22ClNO2/c1-2-24-19-8-4-3-6-17(19)7-5-15-22-20(23)14-11-16-9-12-18(21)13-10-16/h3-4,6,8-14H,2,5,7,15H2,1H3,(H,22,23)/b14-11+. The topological polar surface area (TPSA) is 38.3 Å². The average molecular weight is 344 g/mol. The number of hydrogen-bond acceptors (Lipinski definition) is 2. The van der Waals surface area contributed by atoms with E-state index < -0.39 is 0 Å². The Morgan fingerprint density at radius 3 is 2.67 bits per heavy atom. The number of amides is 1. The summed E-state index contributed by atoms with van der Waals surface area (Å²) in [6, 6.07) is 15.4. The van der Waals surface area contributed by atoms with Gasteiger partial charge in [0.25, 0.3) is 0 Å². The van der Waals surface area contributed by atoms with Gasteiger partial charge >= 0.3 is 0 Å². The van der Waals surface area contributed by atoms with Crippen molar-refractivity contribution in [3.63, 3.8) is 0 Å². The summed E-state index contributed by atoms with van der Waals surface area (Å²) in [5.74, 6) is 0.831. The van der Waals surface area contributed by atoms with Gasteiger partial charge in [-0.25, -0.2) is 0 Å². The molecule has 2 aromatic carbocycles. The highest BCUT2D eigenvalue weighted by molar-refractivity contribution is 6.30. The zero-order valence-electron chi connectivity index (χ0n) is 13.8. The fourth-order valence-electron chi connectivity index (χ4n) is 2.30. The van der Waals surface area contributed by atoms with E-state index in [9.17, 15) is 4.79 Å². The van der Waals surface area contributed by atoms with Gasteiger partial charge in [0, 0.05) is 17.6 Å². The molecule has 1 N–H and O–H groups in total. The lowest BCUT2D eigenvalue weighted by Crippen LogP contribution is -2.22. The van der Waals surface area contributed by atoms with Crippen LogP contribution in [0.4, 0.5) is 0 Å². The molecule has 0 aliphatic heterocycles. The third-order valence-electron chi connectivity index (χ3n) is 3.49. The molecule has 0 aromatic heterocycles. The molecule has 1 amide bonds. The van der Waals surface area contributed by atoms with Crippen LogP contribution in [-0.4, -0.2) is 19.1 Å². The van der Waals surface area contributed by atoms with Crippen LogP contribution in [0, 0.1) is 0 Å². The molecule has 126 valence electrons. The largest absolute Gasteiger partial charge is 0.494 e. The van der Waals surface area contributed by atoms with E-state index in [4.69, 9.17) is 16.3 Å². The summed E-state index contributed by atoms with van der Waals surface area (Å²) in [7, 11) is 0. The lowest BCUT2D eigenvalue weighted by Gasteiger charge is -2.09. The first-order chi connectivity index (χ1) is 11.7. The van der Waals surface area contributed by atoms with Gasteiger partial charge in [0.2, 0.25) is 5.91 Å². The minimum absolute atomic E-state index is 0.0944. The van der Waals surface area contributed by atoms with Crippen LogP contribution in [0.5, 0.6) is 5.75 Å². The normalized spacial score (nSPS) is 10.8. The lowest BCUT2D eigenvalue weighted by molar-refractivity contribution is -0.116. The predicted molar refractivity (Wildman–Crippen MR) is 99.4 cm³/mol. The first-order valence-electron chi connectivity index (χ1n) is 8.11. The smallest absolute Gasteiger partial charge is 0.243 e. The molecule has 0 aliphatic rings. The fourth-order valence-corrected chi connectivity index (χ4v) is 2.43. The van der Waals surface area contributed by atoms with Crippen LogP contribution in [-0.2, 0) is 11.2 Å². The minimum Gasteiger partial charge on any atom is -0.494 e. The van der Waals surface area contributed by atoms with Crippen LogP contribution in [0.3, 0.4) is 0 Å². The van der Waals surface area contributed by atoms with Crippen LogP contribution < -0.4 is 10.1 Å². The Labute approximate surface area is 148 Å². The highest BCUT2D eigenvalue weighted by atomic mass is 35.5. The number of hydrogen-bond donors (Lipinski definition) is 1. The first-order valence-corrected chi connectivity index (χ1v) is 8.49. The van der Waals surface area contributed by atoms with E-state index in [0.717, 1.165) is 24.2 Å². The van der Waals surface area contributed by atoms with Crippen molar-refractivity contribution in [1.29, 1.82) is 0 Å². The second kappa shape index (κ2) is 9.78. The number of carbonyl (C=O) groups excluding carboxylic acids is 1. The molecule has 24 heavy (non-hydrogen) atoms. The quantitative estimate of drug-likeness (QED) is 0.566. The molecule has 0 saturated carbocycles. The maximum Gasteiger partial charge on any atom is 0.243 e. The Morgan fingerprint density at radius 2 is 1.92 bits per heavy atom. The maximum atomic E-state index is 11.8. The molecule has 2 rings (SSSR count). The van der Waals surface area contributed by atoms with E-state index in [1.54, 1.807) is 18.2 Å². The molecule has 0 spiro atoms.